The van der Waals surface area contributed by atoms with E-state index in [1.165, 1.54) is 0 Å². The lowest BCUT2D eigenvalue weighted by molar-refractivity contribution is -0.116. The summed E-state index contributed by atoms with van der Waals surface area (Å²) in [7, 11) is -2.14. The summed E-state index contributed by atoms with van der Waals surface area (Å²) in [5.41, 5.74) is 2.99. The van der Waals surface area contributed by atoms with Crippen LogP contribution in [-0.2, 0) is 34.9 Å². The van der Waals surface area contributed by atoms with Crippen LogP contribution in [0.25, 0.3) is 0 Å². The summed E-state index contributed by atoms with van der Waals surface area (Å²) in [6.45, 7) is 3.77. The van der Waals surface area contributed by atoms with Crippen LogP contribution >= 0.6 is 0 Å². The van der Waals surface area contributed by atoms with E-state index < -0.39 is 15.9 Å². The van der Waals surface area contributed by atoms with Gasteiger partial charge >= 0.3 is 0 Å². The molecule has 0 saturated carbocycles. The average Bonchev–Trinajstić information content (AvgIpc) is 2.93. The first-order chi connectivity index (χ1) is 14.2. The van der Waals surface area contributed by atoms with E-state index in [1.807, 2.05) is 36.4 Å². The van der Waals surface area contributed by atoms with E-state index in [0.717, 1.165) is 16.1 Å². The van der Waals surface area contributed by atoms with Gasteiger partial charge in [0.05, 0.1) is 24.1 Å². The third-order valence-corrected chi connectivity index (χ3v) is 5.83. The van der Waals surface area contributed by atoms with Crippen LogP contribution in [0.3, 0.4) is 0 Å². The molecule has 0 spiro atoms. The van der Waals surface area contributed by atoms with Crippen molar-refractivity contribution in [2.24, 2.45) is 7.05 Å². The minimum absolute atomic E-state index is 0.119. The highest BCUT2D eigenvalue weighted by Crippen LogP contribution is 2.28. The molecule has 3 rings (SSSR count). The van der Waals surface area contributed by atoms with Gasteiger partial charge in [-0.25, -0.2) is 12.7 Å². The van der Waals surface area contributed by atoms with Gasteiger partial charge in [0, 0.05) is 12.6 Å². The highest BCUT2D eigenvalue weighted by molar-refractivity contribution is 7.92. The predicted molar refractivity (Wildman–Crippen MR) is 116 cm³/mol. The molecule has 0 unspecified atom stereocenters. The summed E-state index contributed by atoms with van der Waals surface area (Å²) in [5, 5.41) is 4.25. The molecule has 0 fully saturated rings. The maximum Gasteiger partial charge on any atom is 0.245 e. The normalized spacial score (nSPS) is 11.3. The van der Waals surface area contributed by atoms with E-state index in [4.69, 9.17) is 4.74 Å². The molecule has 0 saturated heterocycles. The molecule has 0 radical (unpaired) electrons. The first-order valence-corrected chi connectivity index (χ1v) is 11.3. The monoisotopic (exact) mass is 427 g/mol. The first kappa shape index (κ1) is 21.6. The van der Waals surface area contributed by atoms with Gasteiger partial charge in [-0.05, 0) is 25.5 Å². The molecule has 0 atom stereocenters. The van der Waals surface area contributed by atoms with Crippen LogP contribution in [-0.4, -0.2) is 30.4 Å². The van der Waals surface area contributed by atoms with Gasteiger partial charge < -0.3 is 4.74 Å². The SMILES string of the molecule is Cc1nn(C)c(C)c1N(C(=O)Cc1ccccc1OCc1ccccc1)S(C)(=O)=O. The van der Waals surface area contributed by atoms with Crippen molar-refractivity contribution in [1.29, 1.82) is 0 Å². The predicted octanol–water partition coefficient (Wildman–Crippen LogP) is 3.15. The fourth-order valence-corrected chi connectivity index (χ4v) is 4.32. The van der Waals surface area contributed by atoms with Gasteiger partial charge in [-0.2, -0.15) is 5.10 Å². The minimum Gasteiger partial charge on any atom is -0.489 e. The van der Waals surface area contributed by atoms with Crippen LogP contribution in [0, 0.1) is 13.8 Å². The Kier molecular flexibility index (Phi) is 6.26. The number of sulfonamides is 1. The smallest absolute Gasteiger partial charge is 0.245 e. The molecule has 0 aliphatic carbocycles. The number of nitrogens with zero attached hydrogens (tertiary/aromatic N) is 3. The van der Waals surface area contributed by atoms with Gasteiger partial charge in [-0.15, -0.1) is 0 Å². The van der Waals surface area contributed by atoms with Gasteiger partial charge in [-0.1, -0.05) is 48.5 Å². The first-order valence-electron chi connectivity index (χ1n) is 9.46. The van der Waals surface area contributed by atoms with Crippen LogP contribution in [0.5, 0.6) is 5.75 Å². The molecular formula is C22H25N3O4S. The summed E-state index contributed by atoms with van der Waals surface area (Å²) < 4.78 is 33.3. The number of para-hydroxylation sites is 1. The third-order valence-electron chi connectivity index (χ3n) is 4.78. The summed E-state index contributed by atoms with van der Waals surface area (Å²) >= 11 is 0. The van der Waals surface area contributed by atoms with Gasteiger partial charge in [-0.3, -0.25) is 9.48 Å². The Morgan fingerprint density at radius 1 is 1.07 bits per heavy atom. The number of amides is 1. The Hall–Kier alpha value is -3.13. The zero-order valence-corrected chi connectivity index (χ0v) is 18.3. The molecule has 7 nitrogen and oxygen atoms in total. The molecule has 0 aliphatic heterocycles. The third kappa shape index (κ3) is 4.71. The van der Waals surface area contributed by atoms with E-state index in [0.29, 0.717) is 35.0 Å². The largest absolute Gasteiger partial charge is 0.489 e. The Bertz CT molecular complexity index is 1150. The van der Waals surface area contributed by atoms with E-state index in [9.17, 15) is 13.2 Å². The number of rotatable bonds is 7. The Balaban J connectivity index is 1.88. The van der Waals surface area contributed by atoms with Crippen LogP contribution in [0.1, 0.15) is 22.5 Å². The molecule has 0 N–H and O–H groups in total. The number of aryl methyl sites for hydroxylation is 2. The van der Waals surface area contributed by atoms with Crippen LogP contribution in [0.15, 0.2) is 54.6 Å². The summed E-state index contributed by atoms with van der Waals surface area (Å²) in [6, 6.07) is 16.8. The van der Waals surface area contributed by atoms with Crippen molar-refractivity contribution >= 4 is 21.6 Å². The highest BCUT2D eigenvalue weighted by Gasteiger charge is 2.31. The zero-order chi connectivity index (χ0) is 21.9. The van der Waals surface area contributed by atoms with E-state index >= 15 is 0 Å². The van der Waals surface area contributed by atoms with Gasteiger partial charge in [0.1, 0.15) is 18.0 Å². The number of hydrogen-bond acceptors (Lipinski definition) is 5. The molecule has 158 valence electrons. The summed E-state index contributed by atoms with van der Waals surface area (Å²) in [4.78, 5) is 13.2. The molecule has 0 bridgehead atoms. The minimum atomic E-state index is -3.85. The number of anilines is 1. The Morgan fingerprint density at radius 3 is 2.30 bits per heavy atom. The van der Waals surface area contributed by atoms with Crippen molar-refractivity contribution in [1.82, 2.24) is 9.78 Å². The molecule has 3 aromatic rings. The molecule has 30 heavy (non-hydrogen) atoms. The molecule has 1 heterocycles. The van der Waals surface area contributed by atoms with E-state index in [-0.39, 0.29) is 6.42 Å². The second-order valence-corrected chi connectivity index (χ2v) is 8.95. The number of ether oxygens (including phenoxy) is 1. The van der Waals surface area contributed by atoms with Crippen molar-refractivity contribution in [3.63, 3.8) is 0 Å². The van der Waals surface area contributed by atoms with Crippen LogP contribution in [0.2, 0.25) is 0 Å². The van der Waals surface area contributed by atoms with Crippen molar-refractivity contribution in [2.45, 2.75) is 26.9 Å². The Morgan fingerprint density at radius 2 is 1.70 bits per heavy atom. The van der Waals surface area contributed by atoms with Crippen molar-refractivity contribution < 1.29 is 17.9 Å². The average molecular weight is 428 g/mol. The number of carbonyl (C=O) groups is 1. The van der Waals surface area contributed by atoms with Crippen molar-refractivity contribution in [3.8, 4) is 5.75 Å². The molecule has 8 heteroatoms. The lowest BCUT2D eigenvalue weighted by Gasteiger charge is -2.21. The van der Waals surface area contributed by atoms with Crippen LogP contribution in [0.4, 0.5) is 5.69 Å². The number of aromatic nitrogens is 2. The molecule has 0 aliphatic rings. The zero-order valence-electron chi connectivity index (χ0n) is 17.5. The fourth-order valence-electron chi connectivity index (χ4n) is 3.29. The topological polar surface area (TPSA) is 81.5 Å². The lowest BCUT2D eigenvalue weighted by atomic mass is 10.1. The molecule has 1 aromatic heterocycles. The quantitative estimate of drug-likeness (QED) is 0.579. The lowest BCUT2D eigenvalue weighted by Crippen LogP contribution is -2.38. The molecule has 1 amide bonds. The number of hydrogen-bond donors (Lipinski definition) is 0. The molecule has 2 aromatic carbocycles. The van der Waals surface area contributed by atoms with Gasteiger partial charge in [0.15, 0.2) is 0 Å². The second kappa shape index (κ2) is 8.71. The van der Waals surface area contributed by atoms with Crippen LogP contribution < -0.4 is 9.04 Å². The van der Waals surface area contributed by atoms with Gasteiger partial charge in [0.2, 0.25) is 15.9 Å². The Labute approximate surface area is 177 Å². The fraction of sp³-hybridized carbons (Fsp3) is 0.273. The number of benzene rings is 2. The maximum atomic E-state index is 13.2. The summed E-state index contributed by atoms with van der Waals surface area (Å²) in [5.74, 6) is -0.0183. The summed E-state index contributed by atoms with van der Waals surface area (Å²) in [6.07, 6.45) is 0.903. The van der Waals surface area contributed by atoms with Gasteiger partial charge in [0.25, 0.3) is 0 Å². The standard InChI is InChI=1S/C22H25N3O4S/c1-16-22(17(2)24(3)23-16)25(30(4,27)28)21(26)14-19-12-8-9-13-20(19)29-15-18-10-6-5-7-11-18/h5-13H,14-15H2,1-4H3. The van der Waals surface area contributed by atoms with Crippen molar-refractivity contribution in [3.05, 3.63) is 77.1 Å². The number of carbonyl (C=O) groups excluding carboxylic acids is 1. The second-order valence-electron chi connectivity index (χ2n) is 7.12. The highest BCUT2D eigenvalue weighted by atomic mass is 32.2. The molecular weight excluding hydrogens is 402 g/mol. The van der Waals surface area contributed by atoms with E-state index in [1.54, 1.807) is 43.8 Å². The maximum absolute atomic E-state index is 13.2. The van der Waals surface area contributed by atoms with E-state index in [2.05, 4.69) is 5.10 Å². The van der Waals surface area contributed by atoms with Crippen molar-refractivity contribution in [2.75, 3.05) is 10.6 Å².